The van der Waals surface area contributed by atoms with E-state index in [1.807, 2.05) is 0 Å². The summed E-state index contributed by atoms with van der Waals surface area (Å²) < 4.78 is 34.6. The maximum absolute atomic E-state index is 12.1. The Morgan fingerprint density at radius 2 is 1.47 bits per heavy atom. The molecule has 10 nitrogen and oxygen atoms in total. The molecule has 4 aliphatic carbocycles. The Hall–Kier alpha value is -2.11. The van der Waals surface area contributed by atoms with E-state index in [1.54, 1.807) is 5.57 Å². The number of carbonyl (C=O) groups excluding carboxylic acids is 4. The normalized spacial score (nSPS) is 36.1. The van der Waals surface area contributed by atoms with Crippen LogP contribution in [0.4, 0.5) is 0 Å². The first-order valence-corrected chi connectivity index (χ1v) is 23.8. The Bertz CT molecular complexity index is 1430. The number of rotatable bonds is 19. The largest absolute Gasteiger partial charge is 0.463 e. The maximum Gasteiger partial charge on any atom is 0.303 e. The first-order valence-electron chi connectivity index (χ1n) is 22.8. The number of allylic oxidation sites excluding steroid dienone is 1. The lowest BCUT2D eigenvalue weighted by Crippen LogP contribution is -2.61. The molecule has 11 heteroatoms. The number of carbonyl (C=O) groups is 4. The number of unbranched alkanes of at least 4 members (excludes halogenated alkanes) is 3. The van der Waals surface area contributed by atoms with Crippen LogP contribution < -0.4 is 0 Å². The highest BCUT2D eigenvalue weighted by molar-refractivity contribution is 7.99. The summed E-state index contributed by atoms with van der Waals surface area (Å²) in [5.74, 6) is 3.44. The van der Waals surface area contributed by atoms with Crippen LogP contribution in [0.2, 0.25) is 0 Å². The number of esters is 4. The second kappa shape index (κ2) is 21.1. The zero-order valence-corrected chi connectivity index (χ0v) is 38.0. The predicted molar refractivity (Wildman–Crippen MR) is 226 cm³/mol. The second-order valence-electron chi connectivity index (χ2n) is 19.4. The van der Waals surface area contributed by atoms with E-state index in [2.05, 4.69) is 40.7 Å². The quantitative estimate of drug-likeness (QED) is 0.0535. The van der Waals surface area contributed by atoms with E-state index in [4.69, 9.17) is 28.4 Å². The maximum atomic E-state index is 12.1. The van der Waals surface area contributed by atoms with Gasteiger partial charge in [0.05, 0.1) is 6.10 Å². The molecule has 1 saturated heterocycles. The van der Waals surface area contributed by atoms with Crippen molar-refractivity contribution in [1.82, 2.24) is 0 Å². The molecule has 0 amide bonds. The highest BCUT2D eigenvalue weighted by Crippen LogP contribution is 2.67. The fourth-order valence-corrected chi connectivity index (χ4v) is 13.3. The molecule has 0 aromatic heterocycles. The number of hydrogen-bond acceptors (Lipinski definition) is 11. The highest BCUT2D eigenvalue weighted by Gasteiger charge is 2.59. The summed E-state index contributed by atoms with van der Waals surface area (Å²) in [5, 5.41) is 0. The van der Waals surface area contributed by atoms with E-state index in [0.717, 1.165) is 80.6 Å². The molecule has 58 heavy (non-hydrogen) atoms. The molecule has 0 radical (unpaired) electrons. The van der Waals surface area contributed by atoms with Gasteiger partial charge in [0.15, 0.2) is 18.3 Å². The smallest absolute Gasteiger partial charge is 0.303 e. The second-order valence-corrected chi connectivity index (χ2v) is 20.6. The van der Waals surface area contributed by atoms with Gasteiger partial charge in [0.25, 0.3) is 0 Å². The molecular formula is C47H76O10S. The SMILES string of the molecule is CC(=O)OC[C@H]1O[C@@H](SCCCCCCO[C@H]2CC[C@@]3(C)C(=CC[C@H]4[C@@H]5CC[C@H]([C@H](C)CCCC(C)C)[C@@]5(C)CC[C@@H]43)C2)[C@H](OC(C)=O)[C@@H](OC(C)=O)[C@@H]1OC(C)=O. The van der Waals surface area contributed by atoms with Crippen LogP contribution >= 0.6 is 11.8 Å². The van der Waals surface area contributed by atoms with Gasteiger partial charge in [-0.3, -0.25) is 19.2 Å². The molecule has 0 bridgehead atoms. The summed E-state index contributed by atoms with van der Waals surface area (Å²) >= 11 is 1.44. The van der Waals surface area contributed by atoms with Crippen LogP contribution in [0.1, 0.15) is 159 Å². The van der Waals surface area contributed by atoms with E-state index < -0.39 is 53.7 Å². The zero-order chi connectivity index (χ0) is 42.2. The molecule has 0 aromatic rings. The minimum atomic E-state index is -1.13. The molecule has 5 aliphatic rings. The average molecular weight is 833 g/mol. The Morgan fingerprint density at radius 3 is 2.16 bits per heavy atom. The molecule has 5 rings (SSSR count). The molecular weight excluding hydrogens is 757 g/mol. The van der Waals surface area contributed by atoms with Crippen LogP contribution in [0.25, 0.3) is 0 Å². The molecule has 13 atom stereocenters. The third-order valence-corrected chi connectivity index (χ3v) is 16.1. The summed E-state index contributed by atoms with van der Waals surface area (Å²) in [6.07, 6.45) is 17.3. The van der Waals surface area contributed by atoms with E-state index in [-0.39, 0.29) is 6.61 Å². The van der Waals surface area contributed by atoms with Crippen LogP contribution in [-0.2, 0) is 47.6 Å². The van der Waals surface area contributed by atoms with Gasteiger partial charge in [0, 0.05) is 34.3 Å². The fraction of sp³-hybridized carbons (Fsp3) is 0.872. The molecule has 4 fully saturated rings. The first kappa shape index (κ1) is 46.9. The van der Waals surface area contributed by atoms with Crippen LogP contribution in [0.5, 0.6) is 0 Å². The summed E-state index contributed by atoms with van der Waals surface area (Å²) in [6, 6.07) is 0. The van der Waals surface area contributed by atoms with E-state index in [9.17, 15) is 19.2 Å². The topological polar surface area (TPSA) is 124 Å². The van der Waals surface area contributed by atoms with Crippen molar-refractivity contribution in [3.05, 3.63) is 11.6 Å². The van der Waals surface area contributed by atoms with Gasteiger partial charge in [-0.2, -0.15) is 0 Å². The van der Waals surface area contributed by atoms with Crippen molar-refractivity contribution in [3.63, 3.8) is 0 Å². The van der Waals surface area contributed by atoms with Crippen LogP contribution in [0.15, 0.2) is 11.6 Å². The number of thioether (sulfide) groups is 1. The molecule has 0 N–H and O–H groups in total. The van der Waals surface area contributed by atoms with Crippen LogP contribution in [0, 0.1) is 46.3 Å². The Morgan fingerprint density at radius 1 is 0.776 bits per heavy atom. The number of ether oxygens (including phenoxy) is 6. The molecule has 1 heterocycles. The Balaban J connectivity index is 1.06. The van der Waals surface area contributed by atoms with Gasteiger partial charge in [-0.1, -0.05) is 78.4 Å². The molecule has 3 saturated carbocycles. The molecule has 1 aliphatic heterocycles. The van der Waals surface area contributed by atoms with Crippen molar-refractivity contribution in [1.29, 1.82) is 0 Å². The van der Waals surface area contributed by atoms with Gasteiger partial charge in [-0.15, -0.1) is 11.8 Å². The third-order valence-electron chi connectivity index (χ3n) is 14.9. The lowest BCUT2D eigenvalue weighted by molar-refractivity contribution is -0.237. The predicted octanol–water partition coefficient (Wildman–Crippen LogP) is 9.79. The summed E-state index contributed by atoms with van der Waals surface area (Å²) in [6.45, 7) is 18.1. The Labute approximate surface area is 353 Å². The van der Waals surface area contributed by atoms with Gasteiger partial charge in [0.1, 0.15) is 18.1 Å². The van der Waals surface area contributed by atoms with Crippen LogP contribution in [-0.4, -0.2) is 78.8 Å². The molecule has 0 spiro atoms. The first-order chi connectivity index (χ1) is 27.5. The zero-order valence-electron chi connectivity index (χ0n) is 37.2. The minimum Gasteiger partial charge on any atom is -0.463 e. The van der Waals surface area contributed by atoms with Crippen molar-refractivity contribution in [2.45, 2.75) is 195 Å². The summed E-state index contributed by atoms with van der Waals surface area (Å²) in [5.41, 5.74) is 1.81. The monoisotopic (exact) mass is 833 g/mol. The van der Waals surface area contributed by atoms with E-state index >= 15 is 0 Å². The number of fused-ring (bicyclic) bond motifs is 5. The molecule has 0 unspecified atom stereocenters. The molecule has 330 valence electrons. The summed E-state index contributed by atoms with van der Waals surface area (Å²) in [4.78, 5) is 47.9. The standard InChI is InChI=1S/C47H76O10S/c1-29(2)15-14-16-30(3)38-19-20-39-37-18-17-35-27-36(21-23-46(35,8)40(37)22-24-47(38,39)9)52-25-12-10-11-13-26-58-45-44(56-34(7)51)43(55-33(6)50)42(54-32(5)49)41(57-45)28-53-31(4)48/h17,29-30,36-45H,10-16,18-28H2,1-9H3/t30-,36+,37+,38-,39+,40+,41-,42-,43+,44-,45+,46+,47-/m1/s1. The highest BCUT2D eigenvalue weighted by atomic mass is 32.2. The van der Waals surface area contributed by atoms with Crippen molar-refractivity contribution in [2.75, 3.05) is 19.0 Å². The Kier molecular flexibility index (Phi) is 17.1. The van der Waals surface area contributed by atoms with E-state index in [1.165, 1.54) is 97.2 Å². The number of hydrogen-bond donors (Lipinski definition) is 0. The summed E-state index contributed by atoms with van der Waals surface area (Å²) in [7, 11) is 0. The van der Waals surface area contributed by atoms with Crippen molar-refractivity contribution in [3.8, 4) is 0 Å². The third kappa shape index (κ3) is 11.6. The lowest BCUT2D eigenvalue weighted by Gasteiger charge is -2.58. The van der Waals surface area contributed by atoms with Gasteiger partial charge >= 0.3 is 23.9 Å². The van der Waals surface area contributed by atoms with Crippen molar-refractivity contribution >= 4 is 35.6 Å². The van der Waals surface area contributed by atoms with Gasteiger partial charge in [0.2, 0.25) is 0 Å². The lowest BCUT2D eigenvalue weighted by atomic mass is 9.47. The van der Waals surface area contributed by atoms with Gasteiger partial charge in [-0.25, -0.2) is 0 Å². The fourth-order valence-electron chi connectivity index (χ4n) is 12.1. The van der Waals surface area contributed by atoms with Crippen molar-refractivity contribution in [2.24, 2.45) is 46.3 Å². The minimum absolute atomic E-state index is 0.216. The van der Waals surface area contributed by atoms with Gasteiger partial charge < -0.3 is 28.4 Å². The van der Waals surface area contributed by atoms with Crippen LogP contribution in [0.3, 0.4) is 0 Å². The average Bonchev–Trinajstić information content (AvgIpc) is 3.50. The van der Waals surface area contributed by atoms with Gasteiger partial charge in [-0.05, 0) is 116 Å². The van der Waals surface area contributed by atoms with Crippen molar-refractivity contribution < 1.29 is 47.6 Å². The van der Waals surface area contributed by atoms with E-state index in [0.29, 0.717) is 22.7 Å². The molecule has 0 aromatic carbocycles.